The van der Waals surface area contributed by atoms with Crippen LogP contribution in [0.25, 0.3) is 10.9 Å². The monoisotopic (exact) mass is 303 g/mol. The molecule has 0 unspecified atom stereocenters. The molecule has 0 radical (unpaired) electrons. The van der Waals surface area contributed by atoms with E-state index in [-0.39, 0.29) is 0 Å². The number of ether oxygens (including phenoxy) is 1. The van der Waals surface area contributed by atoms with Crippen molar-refractivity contribution in [3.8, 4) is 11.6 Å². The van der Waals surface area contributed by atoms with Crippen LogP contribution >= 0.6 is 23.4 Å². The average molecular weight is 304 g/mol. The van der Waals surface area contributed by atoms with E-state index in [4.69, 9.17) is 16.3 Å². The molecule has 2 heterocycles. The van der Waals surface area contributed by atoms with Crippen molar-refractivity contribution in [3.05, 3.63) is 47.7 Å². The van der Waals surface area contributed by atoms with Crippen molar-refractivity contribution < 1.29 is 4.74 Å². The van der Waals surface area contributed by atoms with E-state index in [0.717, 1.165) is 10.9 Å². The Hall–Kier alpha value is -1.85. The lowest BCUT2D eigenvalue weighted by Crippen LogP contribution is -1.93. The fourth-order valence-corrected chi connectivity index (χ4v) is 2.39. The van der Waals surface area contributed by atoms with Gasteiger partial charge in [0.05, 0.1) is 5.52 Å². The molecule has 2 aromatic heterocycles. The van der Waals surface area contributed by atoms with Crippen molar-refractivity contribution in [2.75, 3.05) is 6.26 Å². The molecule has 100 valence electrons. The highest BCUT2D eigenvalue weighted by Crippen LogP contribution is 2.29. The van der Waals surface area contributed by atoms with E-state index >= 15 is 0 Å². The molecule has 3 rings (SSSR count). The Morgan fingerprint density at radius 2 is 2.05 bits per heavy atom. The Morgan fingerprint density at radius 3 is 2.90 bits per heavy atom. The van der Waals surface area contributed by atoms with Gasteiger partial charge in [-0.2, -0.15) is 4.98 Å². The van der Waals surface area contributed by atoms with Crippen LogP contribution in [0.4, 0.5) is 0 Å². The van der Waals surface area contributed by atoms with E-state index in [0.29, 0.717) is 21.9 Å². The minimum Gasteiger partial charge on any atom is -0.438 e. The molecule has 4 nitrogen and oxygen atoms in total. The molecule has 0 atom stereocenters. The topological polar surface area (TPSA) is 47.9 Å². The van der Waals surface area contributed by atoms with Crippen LogP contribution in [-0.4, -0.2) is 21.2 Å². The molecule has 3 aromatic rings. The van der Waals surface area contributed by atoms with Crippen LogP contribution in [0.2, 0.25) is 5.15 Å². The summed E-state index contributed by atoms with van der Waals surface area (Å²) >= 11 is 7.37. The van der Waals surface area contributed by atoms with Crippen LogP contribution in [0.15, 0.2) is 47.8 Å². The molecule has 20 heavy (non-hydrogen) atoms. The maximum Gasteiger partial charge on any atom is 0.224 e. The first-order valence-corrected chi connectivity index (χ1v) is 7.47. The van der Waals surface area contributed by atoms with Crippen molar-refractivity contribution in [1.29, 1.82) is 0 Å². The maximum absolute atomic E-state index is 5.96. The Labute approximate surface area is 125 Å². The van der Waals surface area contributed by atoms with E-state index in [1.165, 1.54) is 11.8 Å². The van der Waals surface area contributed by atoms with Gasteiger partial charge in [0.2, 0.25) is 5.88 Å². The molecule has 0 aliphatic rings. The number of benzene rings is 1. The molecular formula is C14H10ClN3OS. The number of rotatable bonds is 3. The van der Waals surface area contributed by atoms with Crippen LogP contribution in [0.5, 0.6) is 11.6 Å². The molecule has 0 amide bonds. The second kappa shape index (κ2) is 5.64. The fourth-order valence-electron chi connectivity index (χ4n) is 1.80. The summed E-state index contributed by atoms with van der Waals surface area (Å²) < 4.78 is 5.83. The molecule has 0 N–H and O–H groups in total. The summed E-state index contributed by atoms with van der Waals surface area (Å²) in [7, 11) is 0. The minimum atomic E-state index is 0.359. The number of pyridine rings is 1. The first-order valence-electron chi connectivity index (χ1n) is 5.86. The third kappa shape index (κ3) is 2.69. The van der Waals surface area contributed by atoms with Crippen LogP contribution < -0.4 is 4.74 Å². The molecule has 6 heteroatoms. The lowest BCUT2D eigenvalue weighted by molar-refractivity contribution is 0.460. The summed E-state index contributed by atoms with van der Waals surface area (Å²) in [6, 6.07) is 11.1. The predicted octanol–water partition coefficient (Wildman–Crippen LogP) is 4.19. The van der Waals surface area contributed by atoms with Gasteiger partial charge < -0.3 is 4.74 Å². The summed E-state index contributed by atoms with van der Waals surface area (Å²) in [6.45, 7) is 0. The molecule has 0 aliphatic heterocycles. The minimum absolute atomic E-state index is 0.359. The van der Waals surface area contributed by atoms with Crippen molar-refractivity contribution in [2.24, 2.45) is 0 Å². The molecule has 0 fully saturated rings. The van der Waals surface area contributed by atoms with Gasteiger partial charge in [0.25, 0.3) is 0 Å². The normalized spacial score (nSPS) is 10.7. The standard InChI is InChI=1S/C14H10ClN3OS/c1-20-14-17-12(15)8-13(18-14)19-11-6-2-5-10-9(11)4-3-7-16-10/h2-8H,1H3. The second-order valence-corrected chi connectivity index (χ2v) is 5.10. The number of thioether (sulfide) groups is 1. The van der Waals surface area contributed by atoms with Gasteiger partial charge in [-0.05, 0) is 30.5 Å². The molecule has 0 saturated carbocycles. The van der Waals surface area contributed by atoms with Crippen LogP contribution in [0.3, 0.4) is 0 Å². The molecule has 0 spiro atoms. The van der Waals surface area contributed by atoms with Gasteiger partial charge in [-0.1, -0.05) is 29.4 Å². The third-order valence-corrected chi connectivity index (χ3v) is 3.39. The van der Waals surface area contributed by atoms with Gasteiger partial charge in [-0.25, -0.2) is 4.98 Å². The van der Waals surface area contributed by atoms with E-state index < -0.39 is 0 Å². The average Bonchev–Trinajstić information content (AvgIpc) is 2.47. The fraction of sp³-hybridized carbons (Fsp3) is 0.0714. The number of halogens is 1. The van der Waals surface area contributed by atoms with Gasteiger partial charge in [0.15, 0.2) is 5.16 Å². The van der Waals surface area contributed by atoms with Crippen molar-refractivity contribution in [1.82, 2.24) is 15.0 Å². The number of fused-ring (bicyclic) bond motifs is 1. The van der Waals surface area contributed by atoms with Gasteiger partial charge in [0, 0.05) is 17.6 Å². The number of aromatic nitrogens is 3. The lowest BCUT2D eigenvalue weighted by atomic mass is 10.2. The second-order valence-electron chi connectivity index (χ2n) is 3.94. The highest BCUT2D eigenvalue weighted by atomic mass is 35.5. The van der Waals surface area contributed by atoms with E-state index in [1.807, 2.05) is 36.6 Å². The molecule has 0 saturated heterocycles. The SMILES string of the molecule is CSc1nc(Cl)cc(Oc2cccc3ncccc23)n1. The van der Waals surface area contributed by atoms with Crippen LogP contribution in [0.1, 0.15) is 0 Å². The van der Waals surface area contributed by atoms with Crippen molar-refractivity contribution in [2.45, 2.75) is 5.16 Å². The lowest BCUT2D eigenvalue weighted by Gasteiger charge is -2.08. The molecule has 0 bridgehead atoms. The number of nitrogens with zero attached hydrogens (tertiary/aromatic N) is 3. The summed E-state index contributed by atoms with van der Waals surface area (Å²) in [4.78, 5) is 12.7. The van der Waals surface area contributed by atoms with E-state index in [2.05, 4.69) is 15.0 Å². The van der Waals surface area contributed by atoms with Crippen molar-refractivity contribution >= 4 is 34.3 Å². The maximum atomic E-state index is 5.96. The number of hydrogen-bond acceptors (Lipinski definition) is 5. The smallest absolute Gasteiger partial charge is 0.224 e. The first kappa shape index (κ1) is 13.1. The third-order valence-electron chi connectivity index (χ3n) is 2.65. The summed E-state index contributed by atoms with van der Waals surface area (Å²) in [6.07, 6.45) is 3.64. The van der Waals surface area contributed by atoms with Crippen molar-refractivity contribution in [3.63, 3.8) is 0 Å². The molecule has 1 aromatic carbocycles. The predicted molar refractivity (Wildman–Crippen MR) is 80.6 cm³/mol. The van der Waals surface area contributed by atoms with E-state index in [1.54, 1.807) is 12.3 Å². The van der Waals surface area contributed by atoms with Gasteiger partial charge in [0.1, 0.15) is 10.9 Å². The largest absolute Gasteiger partial charge is 0.438 e. The van der Waals surface area contributed by atoms with E-state index in [9.17, 15) is 0 Å². The quantitative estimate of drug-likeness (QED) is 0.412. The summed E-state index contributed by atoms with van der Waals surface area (Å²) in [5.41, 5.74) is 0.871. The summed E-state index contributed by atoms with van der Waals surface area (Å²) in [5.74, 6) is 1.11. The zero-order valence-corrected chi connectivity index (χ0v) is 12.1. The molecule has 0 aliphatic carbocycles. The highest BCUT2D eigenvalue weighted by Gasteiger charge is 2.07. The van der Waals surface area contributed by atoms with Gasteiger partial charge >= 0.3 is 0 Å². The summed E-state index contributed by atoms with van der Waals surface area (Å²) in [5, 5.41) is 1.86. The highest BCUT2D eigenvalue weighted by molar-refractivity contribution is 7.98. The van der Waals surface area contributed by atoms with Gasteiger partial charge in [-0.3, -0.25) is 4.98 Å². The zero-order valence-electron chi connectivity index (χ0n) is 10.6. The Balaban J connectivity index is 2.03. The zero-order chi connectivity index (χ0) is 13.9. The van der Waals surface area contributed by atoms with Gasteiger partial charge in [-0.15, -0.1) is 0 Å². The van der Waals surface area contributed by atoms with Crippen LogP contribution in [0, 0.1) is 0 Å². The Bertz CT molecular complexity index is 761. The Kier molecular flexibility index (Phi) is 3.71. The van der Waals surface area contributed by atoms with Crippen LogP contribution in [-0.2, 0) is 0 Å². The molecular weight excluding hydrogens is 294 g/mol. The number of hydrogen-bond donors (Lipinski definition) is 0. The first-order chi connectivity index (χ1) is 9.76. The Morgan fingerprint density at radius 1 is 1.15 bits per heavy atom.